The SMILES string of the molecule is CCCCCCC(CCCCCC)CCCCC1CCN(C(=O)C(CCC)CCCCCC)CC1. The summed E-state index contributed by atoms with van der Waals surface area (Å²) in [7, 11) is 0. The Morgan fingerprint density at radius 2 is 1.09 bits per heavy atom. The largest absolute Gasteiger partial charge is 0.342 e. The van der Waals surface area contributed by atoms with Crippen molar-refractivity contribution in [2.45, 2.75) is 175 Å². The molecule has 1 aliphatic heterocycles. The second kappa shape index (κ2) is 22.7. The third-order valence-corrected chi connectivity index (χ3v) is 8.73. The average molecular weight is 492 g/mol. The minimum Gasteiger partial charge on any atom is -0.342 e. The Hall–Kier alpha value is -0.530. The van der Waals surface area contributed by atoms with Gasteiger partial charge in [0.05, 0.1) is 0 Å². The molecule has 2 nitrogen and oxygen atoms in total. The van der Waals surface area contributed by atoms with E-state index in [0.29, 0.717) is 11.8 Å². The number of unbranched alkanes of at least 4 members (excludes halogenated alkanes) is 10. The second-order valence-corrected chi connectivity index (χ2v) is 12.0. The molecule has 1 fully saturated rings. The van der Waals surface area contributed by atoms with Crippen LogP contribution in [0, 0.1) is 17.8 Å². The van der Waals surface area contributed by atoms with Gasteiger partial charge in [0, 0.05) is 19.0 Å². The van der Waals surface area contributed by atoms with E-state index in [1.165, 1.54) is 128 Å². The molecule has 1 heterocycles. The number of hydrogen-bond donors (Lipinski definition) is 0. The van der Waals surface area contributed by atoms with Crippen molar-refractivity contribution in [1.29, 1.82) is 0 Å². The Labute approximate surface area is 221 Å². The average Bonchev–Trinajstić information content (AvgIpc) is 2.88. The van der Waals surface area contributed by atoms with Crippen molar-refractivity contribution in [3.05, 3.63) is 0 Å². The molecule has 1 amide bonds. The lowest BCUT2D eigenvalue weighted by Crippen LogP contribution is -2.41. The van der Waals surface area contributed by atoms with Gasteiger partial charge in [-0.3, -0.25) is 4.79 Å². The summed E-state index contributed by atoms with van der Waals surface area (Å²) in [6, 6.07) is 0. The summed E-state index contributed by atoms with van der Waals surface area (Å²) in [5.41, 5.74) is 0. The van der Waals surface area contributed by atoms with E-state index in [4.69, 9.17) is 0 Å². The highest BCUT2D eigenvalue weighted by molar-refractivity contribution is 5.78. The van der Waals surface area contributed by atoms with E-state index in [1.54, 1.807) is 0 Å². The Balaban J connectivity index is 2.28. The molecule has 1 rings (SSSR count). The fourth-order valence-electron chi connectivity index (χ4n) is 6.28. The summed E-state index contributed by atoms with van der Waals surface area (Å²) in [5, 5.41) is 0. The molecule has 208 valence electrons. The highest BCUT2D eigenvalue weighted by Gasteiger charge is 2.27. The Kier molecular flexibility index (Phi) is 21.0. The molecule has 0 aromatic heterocycles. The number of rotatable bonds is 23. The van der Waals surface area contributed by atoms with Gasteiger partial charge in [0.25, 0.3) is 0 Å². The summed E-state index contributed by atoms with van der Waals surface area (Å²) in [4.78, 5) is 15.4. The van der Waals surface area contributed by atoms with Crippen molar-refractivity contribution in [2.24, 2.45) is 17.8 Å². The topological polar surface area (TPSA) is 20.3 Å². The molecule has 0 saturated carbocycles. The standard InChI is InChI=1S/C33H65NO/c1-5-9-12-15-21-30(22-16-13-10-6-2)23-18-19-24-31-26-28-34(29-27-31)33(35)32(20-8-4)25-17-14-11-7-3/h30-32H,5-29H2,1-4H3. The zero-order valence-corrected chi connectivity index (χ0v) is 24.8. The van der Waals surface area contributed by atoms with Crippen molar-refractivity contribution in [1.82, 2.24) is 4.90 Å². The number of amides is 1. The van der Waals surface area contributed by atoms with Crippen LogP contribution in [0.25, 0.3) is 0 Å². The lowest BCUT2D eigenvalue weighted by Gasteiger charge is -2.34. The maximum Gasteiger partial charge on any atom is 0.225 e. The summed E-state index contributed by atoms with van der Waals surface area (Å²) < 4.78 is 0. The minimum atomic E-state index is 0.292. The van der Waals surface area contributed by atoms with E-state index in [-0.39, 0.29) is 0 Å². The lowest BCUT2D eigenvalue weighted by molar-refractivity contribution is -0.137. The predicted molar refractivity (Wildman–Crippen MR) is 156 cm³/mol. The van der Waals surface area contributed by atoms with Gasteiger partial charge in [0.1, 0.15) is 0 Å². The van der Waals surface area contributed by atoms with Crippen molar-refractivity contribution < 1.29 is 4.79 Å². The molecular weight excluding hydrogens is 426 g/mol. The van der Waals surface area contributed by atoms with Crippen molar-refractivity contribution in [3.63, 3.8) is 0 Å². The highest BCUT2D eigenvalue weighted by Crippen LogP contribution is 2.28. The van der Waals surface area contributed by atoms with Crippen LogP contribution in [0.5, 0.6) is 0 Å². The van der Waals surface area contributed by atoms with Crippen LogP contribution in [-0.2, 0) is 4.79 Å². The fourth-order valence-corrected chi connectivity index (χ4v) is 6.28. The summed E-state index contributed by atoms with van der Waals surface area (Å²) in [6.45, 7) is 11.2. The smallest absolute Gasteiger partial charge is 0.225 e. The predicted octanol–water partition coefficient (Wildman–Crippen LogP) is 10.7. The van der Waals surface area contributed by atoms with Crippen LogP contribution in [0.3, 0.4) is 0 Å². The first-order valence-electron chi connectivity index (χ1n) is 16.4. The van der Waals surface area contributed by atoms with E-state index >= 15 is 0 Å². The zero-order chi connectivity index (χ0) is 25.6. The third kappa shape index (κ3) is 16.0. The number of piperidine rings is 1. The summed E-state index contributed by atoms with van der Waals surface area (Å²) in [6.07, 6.45) is 31.0. The molecule has 0 spiro atoms. The van der Waals surface area contributed by atoms with Crippen LogP contribution >= 0.6 is 0 Å². The molecule has 0 aromatic rings. The van der Waals surface area contributed by atoms with Crippen LogP contribution < -0.4 is 0 Å². The minimum absolute atomic E-state index is 0.292. The van der Waals surface area contributed by atoms with Crippen LogP contribution in [0.2, 0.25) is 0 Å². The number of hydrogen-bond acceptors (Lipinski definition) is 1. The Bertz CT molecular complexity index is 456. The van der Waals surface area contributed by atoms with Gasteiger partial charge in [0.15, 0.2) is 0 Å². The van der Waals surface area contributed by atoms with Crippen molar-refractivity contribution >= 4 is 5.91 Å². The molecule has 0 aromatic carbocycles. The van der Waals surface area contributed by atoms with Gasteiger partial charge in [-0.1, -0.05) is 150 Å². The van der Waals surface area contributed by atoms with E-state index < -0.39 is 0 Å². The molecule has 0 radical (unpaired) electrons. The quantitative estimate of drug-likeness (QED) is 0.130. The van der Waals surface area contributed by atoms with Crippen LogP contribution in [0.15, 0.2) is 0 Å². The Morgan fingerprint density at radius 1 is 0.600 bits per heavy atom. The fraction of sp³-hybridized carbons (Fsp3) is 0.970. The van der Waals surface area contributed by atoms with Crippen molar-refractivity contribution in [2.75, 3.05) is 13.1 Å². The van der Waals surface area contributed by atoms with Crippen molar-refractivity contribution in [3.8, 4) is 0 Å². The molecule has 1 atom stereocenters. The molecule has 0 aliphatic carbocycles. The van der Waals surface area contributed by atoms with E-state index in [2.05, 4.69) is 32.6 Å². The first-order valence-corrected chi connectivity index (χ1v) is 16.4. The molecule has 1 aliphatic rings. The van der Waals surface area contributed by atoms with Gasteiger partial charge in [-0.2, -0.15) is 0 Å². The third-order valence-electron chi connectivity index (χ3n) is 8.73. The number of nitrogens with zero attached hydrogens (tertiary/aromatic N) is 1. The number of carbonyl (C=O) groups excluding carboxylic acids is 1. The molecule has 35 heavy (non-hydrogen) atoms. The van der Waals surface area contributed by atoms with E-state index in [9.17, 15) is 4.79 Å². The van der Waals surface area contributed by atoms with Gasteiger partial charge in [-0.15, -0.1) is 0 Å². The van der Waals surface area contributed by atoms with Gasteiger partial charge in [-0.05, 0) is 37.5 Å². The maximum absolute atomic E-state index is 13.2. The number of likely N-dealkylation sites (tertiary alicyclic amines) is 1. The van der Waals surface area contributed by atoms with E-state index in [0.717, 1.165) is 44.2 Å². The first kappa shape index (κ1) is 32.5. The van der Waals surface area contributed by atoms with Gasteiger partial charge >= 0.3 is 0 Å². The lowest BCUT2D eigenvalue weighted by atomic mass is 9.87. The van der Waals surface area contributed by atoms with Crippen LogP contribution in [-0.4, -0.2) is 23.9 Å². The number of carbonyl (C=O) groups is 1. The molecule has 1 unspecified atom stereocenters. The monoisotopic (exact) mass is 492 g/mol. The van der Waals surface area contributed by atoms with Crippen LogP contribution in [0.1, 0.15) is 175 Å². The Morgan fingerprint density at radius 3 is 1.57 bits per heavy atom. The van der Waals surface area contributed by atoms with Gasteiger partial charge in [-0.25, -0.2) is 0 Å². The molecule has 0 N–H and O–H groups in total. The first-order chi connectivity index (χ1) is 17.2. The molecule has 1 saturated heterocycles. The highest BCUT2D eigenvalue weighted by atomic mass is 16.2. The molecule has 0 bridgehead atoms. The normalized spacial score (nSPS) is 15.7. The van der Waals surface area contributed by atoms with E-state index in [1.807, 2.05) is 0 Å². The van der Waals surface area contributed by atoms with Gasteiger partial charge in [0.2, 0.25) is 5.91 Å². The van der Waals surface area contributed by atoms with Gasteiger partial charge < -0.3 is 4.90 Å². The second-order valence-electron chi connectivity index (χ2n) is 12.0. The summed E-state index contributed by atoms with van der Waals surface area (Å²) >= 11 is 0. The molecule has 2 heteroatoms. The molecular formula is C33H65NO. The maximum atomic E-state index is 13.2. The summed E-state index contributed by atoms with van der Waals surface area (Å²) in [5.74, 6) is 2.62. The zero-order valence-electron chi connectivity index (χ0n) is 24.8. The van der Waals surface area contributed by atoms with Crippen LogP contribution in [0.4, 0.5) is 0 Å².